The van der Waals surface area contributed by atoms with E-state index in [-0.39, 0.29) is 6.10 Å². The van der Waals surface area contributed by atoms with Crippen LogP contribution < -0.4 is 0 Å². The Bertz CT molecular complexity index is 248. The first kappa shape index (κ1) is 12.2. The average Bonchev–Trinajstić information content (AvgIpc) is 3.07. The Hall–Kier alpha value is -0.280. The standard InChI is InChI=1S/C9H17NO6/c11-2-5-6(12)7(13)8(14)9(15)10(5)1-4-3-16-4/h4-9,11-15H,1-3H2/t4?,5-,6-,7+,8-,9?/m1/s1. The first-order chi connectivity index (χ1) is 7.56. The van der Waals surface area contributed by atoms with Gasteiger partial charge in [0.05, 0.1) is 25.4 Å². The molecule has 5 N–H and O–H groups in total. The molecule has 0 aromatic heterocycles. The second-order valence-electron chi connectivity index (χ2n) is 4.29. The maximum Gasteiger partial charge on any atom is 0.136 e. The third kappa shape index (κ3) is 2.07. The molecular weight excluding hydrogens is 218 g/mol. The van der Waals surface area contributed by atoms with Crippen molar-refractivity contribution < 1.29 is 30.3 Å². The molecule has 0 radical (unpaired) electrons. The normalized spacial score (nSPS) is 49.3. The van der Waals surface area contributed by atoms with E-state index in [9.17, 15) is 20.4 Å². The molecule has 0 saturated carbocycles. The fourth-order valence-electron chi connectivity index (χ4n) is 2.06. The lowest BCUT2D eigenvalue weighted by Gasteiger charge is -2.46. The predicted molar refractivity (Wildman–Crippen MR) is 51.3 cm³/mol. The van der Waals surface area contributed by atoms with Gasteiger partial charge in [-0.25, -0.2) is 0 Å². The summed E-state index contributed by atoms with van der Waals surface area (Å²) in [6, 6.07) is -0.794. The summed E-state index contributed by atoms with van der Waals surface area (Å²) in [5.41, 5.74) is 0. The van der Waals surface area contributed by atoms with Crippen LogP contribution in [0.3, 0.4) is 0 Å². The molecule has 2 fully saturated rings. The van der Waals surface area contributed by atoms with Crippen LogP contribution in [0.15, 0.2) is 0 Å². The van der Waals surface area contributed by atoms with E-state index < -0.39 is 37.2 Å². The average molecular weight is 235 g/mol. The molecule has 94 valence electrons. The Morgan fingerprint density at radius 1 is 1.06 bits per heavy atom. The zero-order valence-corrected chi connectivity index (χ0v) is 8.68. The molecule has 0 amide bonds. The third-order valence-electron chi connectivity index (χ3n) is 3.17. The molecule has 0 spiro atoms. The van der Waals surface area contributed by atoms with Crippen molar-refractivity contribution in [3.8, 4) is 0 Å². The molecule has 2 aliphatic rings. The van der Waals surface area contributed by atoms with Crippen molar-refractivity contribution in [2.45, 2.75) is 36.7 Å². The van der Waals surface area contributed by atoms with Crippen molar-refractivity contribution in [2.75, 3.05) is 19.8 Å². The maximum absolute atomic E-state index is 9.74. The van der Waals surface area contributed by atoms with Crippen LogP contribution in [0.2, 0.25) is 0 Å². The van der Waals surface area contributed by atoms with Gasteiger partial charge in [-0.2, -0.15) is 0 Å². The Morgan fingerprint density at radius 2 is 1.69 bits per heavy atom. The van der Waals surface area contributed by atoms with E-state index in [4.69, 9.17) is 9.84 Å². The minimum absolute atomic E-state index is 0.0432. The minimum atomic E-state index is -1.46. The number of aliphatic hydroxyl groups is 5. The molecule has 0 aromatic rings. The van der Waals surface area contributed by atoms with Crippen LogP contribution in [0.5, 0.6) is 0 Å². The molecular formula is C9H17NO6. The molecule has 0 bridgehead atoms. The lowest BCUT2D eigenvalue weighted by Crippen LogP contribution is -2.67. The quantitative estimate of drug-likeness (QED) is 0.322. The number of rotatable bonds is 3. The highest BCUT2D eigenvalue weighted by atomic mass is 16.6. The van der Waals surface area contributed by atoms with Crippen LogP contribution in [0, 0.1) is 0 Å². The van der Waals surface area contributed by atoms with Gasteiger partial charge >= 0.3 is 0 Å². The van der Waals surface area contributed by atoms with Gasteiger partial charge in [-0.1, -0.05) is 0 Å². The first-order valence-corrected chi connectivity index (χ1v) is 5.26. The van der Waals surface area contributed by atoms with E-state index in [1.807, 2.05) is 0 Å². The van der Waals surface area contributed by atoms with Crippen molar-refractivity contribution in [3.05, 3.63) is 0 Å². The highest BCUT2D eigenvalue weighted by Crippen LogP contribution is 2.25. The van der Waals surface area contributed by atoms with Gasteiger partial charge < -0.3 is 30.3 Å². The fraction of sp³-hybridized carbons (Fsp3) is 1.00. The van der Waals surface area contributed by atoms with Crippen molar-refractivity contribution in [3.63, 3.8) is 0 Å². The smallest absolute Gasteiger partial charge is 0.136 e. The van der Waals surface area contributed by atoms with Gasteiger partial charge in [-0.3, -0.25) is 4.90 Å². The number of hydrogen-bond acceptors (Lipinski definition) is 7. The zero-order valence-electron chi connectivity index (χ0n) is 8.68. The number of ether oxygens (including phenoxy) is 1. The molecule has 16 heavy (non-hydrogen) atoms. The summed E-state index contributed by atoms with van der Waals surface area (Å²) in [5.74, 6) is 0. The summed E-state index contributed by atoms with van der Waals surface area (Å²) in [7, 11) is 0. The third-order valence-corrected chi connectivity index (χ3v) is 3.17. The summed E-state index contributed by atoms with van der Waals surface area (Å²) in [5, 5.41) is 47.5. The van der Waals surface area contributed by atoms with Gasteiger partial charge in [0, 0.05) is 6.54 Å². The summed E-state index contributed by atoms with van der Waals surface area (Å²) in [6.45, 7) is 0.470. The van der Waals surface area contributed by atoms with Crippen LogP contribution in [-0.4, -0.2) is 86.9 Å². The summed E-state index contributed by atoms with van der Waals surface area (Å²) >= 11 is 0. The van der Waals surface area contributed by atoms with Gasteiger partial charge in [0.2, 0.25) is 0 Å². The Labute approximate surface area is 92.5 Å². The lowest BCUT2D eigenvalue weighted by molar-refractivity contribution is -0.223. The van der Waals surface area contributed by atoms with E-state index in [0.29, 0.717) is 13.2 Å². The number of nitrogens with zero attached hydrogens (tertiary/aromatic N) is 1. The van der Waals surface area contributed by atoms with Gasteiger partial charge in [-0.05, 0) is 0 Å². The lowest BCUT2D eigenvalue weighted by atomic mass is 9.92. The van der Waals surface area contributed by atoms with Gasteiger partial charge in [0.25, 0.3) is 0 Å². The maximum atomic E-state index is 9.74. The summed E-state index contributed by atoms with van der Waals surface area (Å²) in [6.07, 6.45) is -5.54. The molecule has 2 saturated heterocycles. The number of piperidine rings is 1. The molecule has 7 heteroatoms. The van der Waals surface area contributed by atoms with Gasteiger partial charge in [0.15, 0.2) is 0 Å². The van der Waals surface area contributed by atoms with Crippen LogP contribution in [0.25, 0.3) is 0 Å². The second-order valence-corrected chi connectivity index (χ2v) is 4.29. The number of aliphatic hydroxyl groups excluding tert-OH is 5. The number of epoxide rings is 1. The van der Waals surface area contributed by atoms with Crippen molar-refractivity contribution in [1.82, 2.24) is 4.90 Å². The number of likely N-dealkylation sites (tertiary alicyclic amines) is 1. The molecule has 7 nitrogen and oxygen atoms in total. The van der Waals surface area contributed by atoms with E-state index in [0.717, 1.165) is 0 Å². The highest BCUT2D eigenvalue weighted by molar-refractivity contribution is 4.97. The van der Waals surface area contributed by atoms with Crippen molar-refractivity contribution >= 4 is 0 Å². The Kier molecular flexibility index (Phi) is 3.45. The molecule has 6 atom stereocenters. The Balaban J connectivity index is 2.10. The van der Waals surface area contributed by atoms with Gasteiger partial charge in [0.1, 0.15) is 24.5 Å². The highest BCUT2D eigenvalue weighted by Gasteiger charge is 2.48. The monoisotopic (exact) mass is 235 g/mol. The zero-order chi connectivity index (χ0) is 11.9. The molecule has 0 aliphatic carbocycles. The first-order valence-electron chi connectivity index (χ1n) is 5.26. The SMILES string of the molecule is OC[C@@H]1[C@@H](O)[C@H](O)[C@@H](O)C(O)N1CC1CO1. The van der Waals surface area contributed by atoms with Crippen LogP contribution >= 0.6 is 0 Å². The predicted octanol–water partition coefficient (Wildman–Crippen LogP) is -3.54. The minimum Gasteiger partial charge on any atom is -0.395 e. The number of hydrogen-bond donors (Lipinski definition) is 5. The van der Waals surface area contributed by atoms with Gasteiger partial charge in [-0.15, -0.1) is 0 Å². The van der Waals surface area contributed by atoms with E-state index in [1.54, 1.807) is 0 Å². The van der Waals surface area contributed by atoms with E-state index >= 15 is 0 Å². The van der Waals surface area contributed by atoms with E-state index in [1.165, 1.54) is 4.90 Å². The second kappa shape index (κ2) is 4.53. The molecule has 0 aromatic carbocycles. The molecule has 2 unspecified atom stereocenters. The van der Waals surface area contributed by atoms with Crippen molar-refractivity contribution in [2.24, 2.45) is 0 Å². The summed E-state index contributed by atoms with van der Waals surface area (Å²) < 4.78 is 4.99. The molecule has 2 aliphatic heterocycles. The van der Waals surface area contributed by atoms with Crippen LogP contribution in [0.1, 0.15) is 0 Å². The molecule has 2 heterocycles. The summed E-state index contributed by atoms with van der Waals surface area (Å²) in [4.78, 5) is 1.36. The fourth-order valence-corrected chi connectivity index (χ4v) is 2.06. The van der Waals surface area contributed by atoms with E-state index in [2.05, 4.69) is 0 Å². The Morgan fingerprint density at radius 3 is 2.19 bits per heavy atom. The topological polar surface area (TPSA) is 117 Å². The van der Waals surface area contributed by atoms with Crippen LogP contribution in [0.4, 0.5) is 0 Å². The van der Waals surface area contributed by atoms with Crippen molar-refractivity contribution in [1.29, 1.82) is 0 Å². The largest absolute Gasteiger partial charge is 0.395 e. The molecule has 2 rings (SSSR count). The van der Waals surface area contributed by atoms with Crippen LogP contribution in [-0.2, 0) is 4.74 Å².